The fourth-order valence-electron chi connectivity index (χ4n) is 3.80. The van der Waals surface area contributed by atoms with Gasteiger partial charge in [-0.15, -0.1) is 10.2 Å². The molecule has 3 aliphatic rings. The van der Waals surface area contributed by atoms with Crippen molar-refractivity contribution in [2.24, 2.45) is 5.92 Å². The molecule has 9 heteroatoms. The van der Waals surface area contributed by atoms with Crippen LogP contribution in [0.4, 0.5) is 0 Å². The smallest absolute Gasteiger partial charge is 0.303 e. The van der Waals surface area contributed by atoms with Crippen molar-refractivity contribution in [1.29, 1.82) is 0 Å². The number of nitrogens with zero attached hydrogens (tertiary/aromatic N) is 7. The van der Waals surface area contributed by atoms with Crippen LogP contribution < -0.4 is 11.1 Å². The van der Waals surface area contributed by atoms with Crippen LogP contribution in [-0.4, -0.2) is 34.3 Å². The van der Waals surface area contributed by atoms with Crippen molar-refractivity contribution in [1.82, 2.24) is 34.3 Å². The van der Waals surface area contributed by atoms with E-state index in [1.807, 2.05) is 0 Å². The quantitative estimate of drug-likeness (QED) is 0.618. The van der Waals surface area contributed by atoms with Gasteiger partial charge in [0.2, 0.25) is 0 Å². The van der Waals surface area contributed by atoms with Crippen LogP contribution in [0.2, 0.25) is 0 Å². The first-order valence-corrected chi connectivity index (χ1v) is 8.17. The number of rotatable bonds is 4. The van der Waals surface area contributed by atoms with Gasteiger partial charge in [0.05, 0.1) is 24.6 Å². The second kappa shape index (κ2) is 4.95. The molecule has 2 bridgehead atoms. The summed E-state index contributed by atoms with van der Waals surface area (Å²) in [5, 5.41) is 15.7. The first kappa shape index (κ1) is 14.3. The van der Waals surface area contributed by atoms with Crippen molar-refractivity contribution < 1.29 is 0 Å². The third-order valence-electron chi connectivity index (χ3n) is 5.27. The van der Waals surface area contributed by atoms with E-state index in [0.717, 1.165) is 25.2 Å². The summed E-state index contributed by atoms with van der Waals surface area (Å²) < 4.78 is 4.50. The minimum absolute atomic E-state index is 0.0841. The molecule has 0 radical (unpaired) electrons. The summed E-state index contributed by atoms with van der Waals surface area (Å²) in [7, 11) is 0. The first-order valence-electron chi connectivity index (χ1n) is 8.17. The Morgan fingerprint density at radius 2 is 1.88 bits per heavy atom. The van der Waals surface area contributed by atoms with Crippen LogP contribution in [0, 0.1) is 5.92 Å². The Morgan fingerprint density at radius 3 is 2.48 bits per heavy atom. The van der Waals surface area contributed by atoms with Gasteiger partial charge in [-0.2, -0.15) is 5.10 Å². The number of hydrogen-bond acceptors (Lipinski definition) is 6. The van der Waals surface area contributed by atoms with Crippen LogP contribution in [-0.2, 0) is 12.1 Å². The summed E-state index contributed by atoms with van der Waals surface area (Å²) in [5.41, 5.74) is -0.463. The van der Waals surface area contributed by atoms with E-state index >= 15 is 0 Å². The predicted octanol–water partition coefficient (Wildman–Crippen LogP) is -0.0620. The second-order valence-corrected chi connectivity index (χ2v) is 6.84. The summed E-state index contributed by atoms with van der Waals surface area (Å²) in [6.45, 7) is 0.204. The third kappa shape index (κ3) is 2.08. The molecule has 0 N–H and O–H groups in total. The molecule has 6 rings (SSSR count). The fraction of sp³-hybridized carbons (Fsp3) is 0.375. The Balaban J connectivity index is 1.42. The van der Waals surface area contributed by atoms with E-state index in [-0.39, 0.29) is 12.1 Å². The Labute approximate surface area is 141 Å². The lowest BCUT2D eigenvalue weighted by molar-refractivity contribution is -0.0919. The molecular formula is C16H15N7O2. The third-order valence-corrected chi connectivity index (χ3v) is 5.27. The van der Waals surface area contributed by atoms with Crippen LogP contribution >= 0.6 is 0 Å². The molecule has 3 aromatic rings. The Hall–Kier alpha value is -3.10. The van der Waals surface area contributed by atoms with Crippen molar-refractivity contribution >= 4 is 0 Å². The highest BCUT2D eigenvalue weighted by atomic mass is 16.2. The monoisotopic (exact) mass is 337 g/mol. The van der Waals surface area contributed by atoms with E-state index in [0.29, 0.717) is 11.5 Å². The van der Waals surface area contributed by atoms with Gasteiger partial charge < -0.3 is 9.13 Å². The average molecular weight is 337 g/mol. The lowest BCUT2D eigenvalue weighted by Gasteiger charge is -2.62. The van der Waals surface area contributed by atoms with E-state index < -0.39 is 11.1 Å². The fourth-order valence-corrected chi connectivity index (χ4v) is 3.80. The molecule has 9 nitrogen and oxygen atoms in total. The van der Waals surface area contributed by atoms with Gasteiger partial charge in [0.15, 0.2) is 5.82 Å². The normalized spacial score (nSPS) is 23.8. The van der Waals surface area contributed by atoms with E-state index in [1.54, 1.807) is 41.5 Å². The zero-order chi connectivity index (χ0) is 17.0. The maximum atomic E-state index is 12.4. The maximum absolute atomic E-state index is 12.4. The van der Waals surface area contributed by atoms with E-state index in [4.69, 9.17) is 0 Å². The highest BCUT2D eigenvalue weighted by Gasteiger charge is 2.58. The van der Waals surface area contributed by atoms with Gasteiger partial charge in [0.25, 0.3) is 0 Å². The molecular weight excluding hydrogens is 322 g/mol. The predicted molar refractivity (Wildman–Crippen MR) is 86.3 cm³/mol. The summed E-state index contributed by atoms with van der Waals surface area (Å²) in [6.07, 6.45) is 9.67. The van der Waals surface area contributed by atoms with Crippen LogP contribution in [0.25, 0.3) is 5.82 Å². The summed E-state index contributed by atoms with van der Waals surface area (Å²) in [6, 6.07) is 3.49. The second-order valence-electron chi connectivity index (χ2n) is 6.84. The standard InChI is InChI=1S/C16H15N7O2/c24-14-15(25)22(16-7-11(8-16)9-16)6-5-21(14)10-12-1-2-13(19-18-12)23-4-3-17-20-23/h1-6,11H,7-10H2. The molecule has 126 valence electrons. The SMILES string of the molecule is O=c1c(=O)n(C23CC(C2)C3)ccn1Cc1ccc(-n2ccnn2)nn1. The molecule has 0 aromatic carbocycles. The van der Waals surface area contributed by atoms with Gasteiger partial charge in [-0.25, -0.2) is 4.68 Å². The van der Waals surface area contributed by atoms with Crippen molar-refractivity contribution in [2.45, 2.75) is 31.3 Å². The Kier molecular flexibility index (Phi) is 2.82. The van der Waals surface area contributed by atoms with Gasteiger partial charge in [0, 0.05) is 17.9 Å². The number of aromatic nitrogens is 7. The highest BCUT2D eigenvalue weighted by Crippen LogP contribution is 2.61. The molecule has 0 amide bonds. The lowest BCUT2D eigenvalue weighted by atomic mass is 9.49. The first-order chi connectivity index (χ1) is 12.1. The molecule has 0 saturated heterocycles. The molecule has 25 heavy (non-hydrogen) atoms. The Bertz CT molecular complexity index is 1030. The van der Waals surface area contributed by atoms with Crippen molar-refractivity contribution in [3.05, 3.63) is 63.3 Å². The molecule has 3 heterocycles. The zero-order valence-corrected chi connectivity index (χ0v) is 13.3. The molecule has 0 spiro atoms. The maximum Gasteiger partial charge on any atom is 0.316 e. The van der Waals surface area contributed by atoms with Crippen LogP contribution in [0.15, 0.2) is 46.5 Å². The van der Waals surface area contributed by atoms with Gasteiger partial charge in [0.1, 0.15) is 0 Å². The molecule has 0 aliphatic heterocycles. The van der Waals surface area contributed by atoms with Gasteiger partial charge in [-0.3, -0.25) is 9.59 Å². The molecule has 3 aromatic heterocycles. The topological polar surface area (TPSA) is 100 Å². The summed E-state index contributed by atoms with van der Waals surface area (Å²) in [4.78, 5) is 24.8. The van der Waals surface area contributed by atoms with Gasteiger partial charge >= 0.3 is 11.1 Å². The summed E-state index contributed by atoms with van der Waals surface area (Å²) >= 11 is 0. The molecule has 3 saturated carbocycles. The van der Waals surface area contributed by atoms with Gasteiger partial charge in [-0.05, 0) is 37.3 Å². The van der Waals surface area contributed by atoms with E-state index in [1.165, 1.54) is 9.25 Å². The highest BCUT2D eigenvalue weighted by molar-refractivity contribution is 5.20. The van der Waals surface area contributed by atoms with Crippen LogP contribution in [0.3, 0.4) is 0 Å². The minimum atomic E-state index is -0.519. The molecule has 3 fully saturated rings. The minimum Gasteiger partial charge on any atom is -0.303 e. The summed E-state index contributed by atoms with van der Waals surface area (Å²) in [5.74, 6) is 1.28. The molecule has 0 atom stereocenters. The van der Waals surface area contributed by atoms with Crippen LogP contribution in [0.1, 0.15) is 25.0 Å². The molecule has 0 unspecified atom stereocenters. The van der Waals surface area contributed by atoms with Crippen molar-refractivity contribution in [3.8, 4) is 5.82 Å². The van der Waals surface area contributed by atoms with E-state index in [9.17, 15) is 9.59 Å². The molecule has 3 aliphatic carbocycles. The van der Waals surface area contributed by atoms with E-state index in [2.05, 4.69) is 20.5 Å². The average Bonchev–Trinajstić information content (AvgIpc) is 3.07. The van der Waals surface area contributed by atoms with Crippen molar-refractivity contribution in [3.63, 3.8) is 0 Å². The Morgan fingerprint density at radius 1 is 1.04 bits per heavy atom. The number of hydrogen-bond donors (Lipinski definition) is 0. The zero-order valence-electron chi connectivity index (χ0n) is 13.3. The van der Waals surface area contributed by atoms with Crippen molar-refractivity contribution in [2.75, 3.05) is 0 Å². The van der Waals surface area contributed by atoms with Crippen LogP contribution in [0.5, 0.6) is 0 Å². The largest absolute Gasteiger partial charge is 0.316 e. The van der Waals surface area contributed by atoms with Gasteiger partial charge in [-0.1, -0.05) is 5.21 Å². The lowest BCUT2D eigenvalue weighted by Crippen LogP contribution is -2.64.